The number of hydrogen-bond acceptors (Lipinski definition) is 4. The average molecular weight is 213 g/mol. The third-order valence-corrected chi connectivity index (χ3v) is 2.38. The van der Waals surface area contributed by atoms with Crippen molar-refractivity contribution in [3.05, 3.63) is 12.3 Å². The molecule has 0 bridgehead atoms. The van der Waals surface area contributed by atoms with Crippen molar-refractivity contribution in [3.8, 4) is 0 Å². The van der Waals surface area contributed by atoms with Crippen LogP contribution in [0.2, 0.25) is 0 Å². The number of imide groups is 1. The van der Waals surface area contributed by atoms with E-state index in [1.54, 1.807) is 0 Å². The lowest BCUT2D eigenvalue weighted by Gasteiger charge is -2.22. The Morgan fingerprint density at radius 1 is 1.67 bits per heavy atom. The molecule has 0 saturated carbocycles. The van der Waals surface area contributed by atoms with Gasteiger partial charge in [-0.15, -0.1) is 0 Å². The fraction of sp³-hybridized carbons (Fsp3) is 0.600. The Labute approximate surface area is 88.6 Å². The lowest BCUT2D eigenvalue weighted by atomic mass is 10.0. The van der Waals surface area contributed by atoms with Crippen molar-refractivity contribution in [2.45, 2.75) is 19.9 Å². The second kappa shape index (κ2) is 4.33. The summed E-state index contributed by atoms with van der Waals surface area (Å²) in [5, 5.41) is 0. The highest BCUT2D eigenvalue weighted by Gasteiger charge is 2.40. The summed E-state index contributed by atoms with van der Waals surface area (Å²) in [5.74, 6) is -0.441. The standard InChI is InChI=1S/C10H15NO4/c1-6(2)8-5-15-10(13)11(8)9(12)7(3)14-4/h6,8H,3,5H2,1-2,4H3/t8-/m0/s1. The van der Waals surface area contributed by atoms with E-state index in [9.17, 15) is 9.59 Å². The molecule has 1 aliphatic rings. The van der Waals surface area contributed by atoms with Crippen molar-refractivity contribution in [1.82, 2.24) is 4.90 Å². The fourth-order valence-electron chi connectivity index (χ4n) is 1.38. The number of methoxy groups -OCH3 is 1. The number of hydrogen-bond donors (Lipinski definition) is 0. The smallest absolute Gasteiger partial charge is 0.417 e. The first-order valence-electron chi connectivity index (χ1n) is 4.72. The number of cyclic esters (lactones) is 1. The molecule has 1 atom stereocenters. The molecule has 1 saturated heterocycles. The van der Waals surface area contributed by atoms with E-state index in [2.05, 4.69) is 6.58 Å². The number of carbonyl (C=O) groups is 2. The van der Waals surface area contributed by atoms with Crippen molar-refractivity contribution in [3.63, 3.8) is 0 Å². The minimum Gasteiger partial charge on any atom is -0.492 e. The second-order valence-electron chi connectivity index (χ2n) is 3.69. The third kappa shape index (κ3) is 2.11. The highest BCUT2D eigenvalue weighted by Crippen LogP contribution is 2.21. The highest BCUT2D eigenvalue weighted by molar-refractivity contribution is 6.01. The van der Waals surface area contributed by atoms with E-state index < -0.39 is 12.0 Å². The fourth-order valence-corrected chi connectivity index (χ4v) is 1.38. The van der Waals surface area contributed by atoms with Gasteiger partial charge in [-0.2, -0.15) is 0 Å². The van der Waals surface area contributed by atoms with Gasteiger partial charge in [-0.25, -0.2) is 9.69 Å². The normalized spacial score (nSPS) is 20.4. The molecule has 0 N–H and O–H groups in total. The molecule has 0 aromatic rings. The van der Waals surface area contributed by atoms with Crippen LogP contribution in [0.4, 0.5) is 4.79 Å². The quantitative estimate of drug-likeness (QED) is 0.521. The maximum Gasteiger partial charge on any atom is 0.417 e. The number of ether oxygens (including phenoxy) is 2. The zero-order valence-corrected chi connectivity index (χ0v) is 9.15. The number of carbonyl (C=O) groups excluding carboxylic acids is 2. The number of rotatable bonds is 3. The van der Waals surface area contributed by atoms with E-state index in [4.69, 9.17) is 9.47 Å². The summed E-state index contributed by atoms with van der Waals surface area (Å²) >= 11 is 0. The van der Waals surface area contributed by atoms with Crippen molar-refractivity contribution in [2.24, 2.45) is 5.92 Å². The van der Waals surface area contributed by atoms with Gasteiger partial charge >= 0.3 is 6.09 Å². The van der Waals surface area contributed by atoms with E-state index >= 15 is 0 Å². The second-order valence-corrected chi connectivity index (χ2v) is 3.69. The van der Waals surface area contributed by atoms with E-state index in [1.165, 1.54) is 7.11 Å². The molecule has 1 aliphatic heterocycles. The predicted molar refractivity (Wildman–Crippen MR) is 53.0 cm³/mol. The monoisotopic (exact) mass is 213 g/mol. The molecule has 1 rings (SSSR count). The Balaban J connectivity index is 2.85. The van der Waals surface area contributed by atoms with Gasteiger partial charge in [0.1, 0.15) is 6.61 Å². The number of amides is 2. The highest BCUT2D eigenvalue weighted by atomic mass is 16.6. The Kier molecular flexibility index (Phi) is 3.34. The summed E-state index contributed by atoms with van der Waals surface area (Å²) in [4.78, 5) is 24.1. The van der Waals surface area contributed by atoms with E-state index in [1.807, 2.05) is 13.8 Å². The van der Waals surface area contributed by atoms with E-state index in [0.717, 1.165) is 4.90 Å². The summed E-state index contributed by atoms with van der Waals surface area (Å²) in [6.45, 7) is 7.50. The van der Waals surface area contributed by atoms with Crippen molar-refractivity contribution in [1.29, 1.82) is 0 Å². The maximum absolute atomic E-state index is 11.7. The lowest BCUT2D eigenvalue weighted by Crippen LogP contribution is -2.42. The Bertz CT molecular complexity index is 298. The minimum absolute atomic E-state index is 0.0560. The third-order valence-electron chi connectivity index (χ3n) is 2.38. The van der Waals surface area contributed by atoms with Gasteiger partial charge in [0.25, 0.3) is 5.91 Å². The molecule has 0 aromatic heterocycles. The Hall–Kier alpha value is -1.52. The summed E-state index contributed by atoms with van der Waals surface area (Å²) < 4.78 is 9.53. The van der Waals surface area contributed by atoms with Gasteiger partial charge in [0.15, 0.2) is 5.76 Å². The topological polar surface area (TPSA) is 55.8 Å². The Morgan fingerprint density at radius 2 is 2.27 bits per heavy atom. The molecule has 1 heterocycles. The number of nitrogens with zero attached hydrogens (tertiary/aromatic N) is 1. The zero-order chi connectivity index (χ0) is 11.6. The molecular weight excluding hydrogens is 198 g/mol. The van der Waals surface area contributed by atoms with Crippen LogP contribution in [0.3, 0.4) is 0 Å². The summed E-state index contributed by atoms with van der Waals surface area (Å²) in [7, 11) is 1.34. The van der Waals surface area contributed by atoms with Gasteiger partial charge in [-0.05, 0) is 5.92 Å². The molecule has 2 amide bonds. The van der Waals surface area contributed by atoms with Gasteiger partial charge in [0.05, 0.1) is 13.2 Å². The van der Waals surface area contributed by atoms with Crippen LogP contribution in [0.1, 0.15) is 13.8 Å². The average Bonchev–Trinajstić information content (AvgIpc) is 2.58. The van der Waals surface area contributed by atoms with Crippen molar-refractivity contribution < 1.29 is 19.1 Å². The van der Waals surface area contributed by atoms with Gasteiger partial charge < -0.3 is 9.47 Å². The summed E-state index contributed by atoms with van der Waals surface area (Å²) in [6.07, 6.45) is -0.628. The van der Waals surface area contributed by atoms with Crippen LogP contribution >= 0.6 is 0 Å². The van der Waals surface area contributed by atoms with Crippen LogP contribution < -0.4 is 0 Å². The first-order valence-corrected chi connectivity index (χ1v) is 4.72. The summed E-state index contributed by atoms with van der Waals surface area (Å²) in [5.41, 5.74) is 0. The summed E-state index contributed by atoms with van der Waals surface area (Å²) in [6, 6.07) is -0.239. The maximum atomic E-state index is 11.7. The molecule has 0 spiro atoms. The van der Waals surface area contributed by atoms with Gasteiger partial charge in [0, 0.05) is 0 Å². The van der Waals surface area contributed by atoms with Crippen LogP contribution in [0.15, 0.2) is 12.3 Å². The molecule has 1 fully saturated rings. The first kappa shape index (κ1) is 11.6. The lowest BCUT2D eigenvalue weighted by molar-refractivity contribution is -0.128. The molecule has 15 heavy (non-hydrogen) atoms. The van der Waals surface area contributed by atoms with Gasteiger partial charge in [-0.1, -0.05) is 20.4 Å². The Morgan fingerprint density at radius 3 is 2.73 bits per heavy atom. The predicted octanol–water partition coefficient (Wildman–Crippen LogP) is 1.15. The van der Waals surface area contributed by atoms with Crippen molar-refractivity contribution in [2.75, 3.05) is 13.7 Å². The molecule has 84 valence electrons. The molecular formula is C10H15NO4. The first-order chi connectivity index (χ1) is 6.99. The minimum atomic E-state index is -0.628. The largest absolute Gasteiger partial charge is 0.492 e. The van der Waals surface area contributed by atoms with Crippen LogP contribution in [-0.2, 0) is 14.3 Å². The SMILES string of the molecule is C=C(OC)C(=O)N1C(=O)OC[C@H]1C(C)C. The van der Waals surface area contributed by atoms with Gasteiger partial charge in [0.2, 0.25) is 0 Å². The van der Waals surface area contributed by atoms with Gasteiger partial charge in [-0.3, -0.25) is 4.79 Å². The van der Waals surface area contributed by atoms with Crippen LogP contribution in [-0.4, -0.2) is 36.7 Å². The van der Waals surface area contributed by atoms with Crippen LogP contribution in [0.25, 0.3) is 0 Å². The molecule has 0 radical (unpaired) electrons. The molecule has 0 aliphatic carbocycles. The van der Waals surface area contributed by atoms with E-state index in [-0.39, 0.29) is 24.3 Å². The van der Waals surface area contributed by atoms with Crippen LogP contribution in [0.5, 0.6) is 0 Å². The van der Waals surface area contributed by atoms with E-state index in [0.29, 0.717) is 0 Å². The molecule has 0 unspecified atom stereocenters. The molecule has 5 heteroatoms. The molecule has 5 nitrogen and oxygen atoms in total. The molecule has 0 aromatic carbocycles. The van der Waals surface area contributed by atoms with Crippen molar-refractivity contribution >= 4 is 12.0 Å². The van der Waals surface area contributed by atoms with Crippen LogP contribution in [0, 0.1) is 5.92 Å². The zero-order valence-electron chi connectivity index (χ0n) is 9.15.